The van der Waals surface area contributed by atoms with E-state index in [0.29, 0.717) is 0 Å². The molecule has 0 aliphatic heterocycles. The summed E-state index contributed by atoms with van der Waals surface area (Å²) in [5, 5.41) is 4.25. The highest BCUT2D eigenvalue weighted by atomic mass is 32.2. The molecule has 0 saturated carbocycles. The summed E-state index contributed by atoms with van der Waals surface area (Å²) in [6, 6.07) is 1.80. The van der Waals surface area contributed by atoms with Crippen LogP contribution in [0.25, 0.3) is 16.7 Å². The smallest absolute Gasteiger partial charge is 0.266 e. The Balaban J connectivity index is 2.19. The summed E-state index contributed by atoms with van der Waals surface area (Å²) in [7, 11) is -6.72. The van der Waals surface area contributed by atoms with Gasteiger partial charge in [-0.2, -0.15) is 22.6 Å². The van der Waals surface area contributed by atoms with E-state index in [1.165, 1.54) is 13.1 Å². The molecule has 3 rings (SSSR count). The number of sulfone groups is 1. The van der Waals surface area contributed by atoms with Crippen LogP contribution in [0.3, 0.4) is 0 Å². The molecule has 14 heteroatoms. The minimum atomic E-state index is -4.67. The van der Waals surface area contributed by atoms with Crippen LogP contribution in [0.15, 0.2) is 40.0 Å². The van der Waals surface area contributed by atoms with Crippen molar-refractivity contribution in [2.45, 2.75) is 31.8 Å². The fraction of sp³-hybridized carbons (Fsp3) is 0.368. The van der Waals surface area contributed by atoms with Crippen molar-refractivity contribution in [3.8, 4) is 5.82 Å². The second kappa shape index (κ2) is 8.82. The van der Waals surface area contributed by atoms with Gasteiger partial charge in [0.15, 0.2) is 15.7 Å². The normalized spacial score (nSPS) is 12.8. The maximum Gasteiger partial charge on any atom is 0.433 e. The second-order valence-electron chi connectivity index (χ2n) is 6.90. The molecule has 9 nitrogen and oxygen atoms in total. The third-order valence-corrected chi connectivity index (χ3v) is 8.88. The zero-order chi connectivity index (χ0) is 24.6. The largest absolute Gasteiger partial charge is 0.433 e. The fourth-order valence-electron chi connectivity index (χ4n) is 2.83. The lowest BCUT2D eigenvalue weighted by Gasteiger charge is -2.10. The van der Waals surface area contributed by atoms with Gasteiger partial charge in [0, 0.05) is 35.5 Å². The van der Waals surface area contributed by atoms with E-state index in [-0.39, 0.29) is 44.4 Å². The van der Waals surface area contributed by atoms with Gasteiger partial charge < -0.3 is 0 Å². The van der Waals surface area contributed by atoms with Gasteiger partial charge >= 0.3 is 6.18 Å². The third-order valence-electron chi connectivity index (χ3n) is 4.84. The van der Waals surface area contributed by atoms with Crippen LogP contribution >= 0.6 is 0 Å². The van der Waals surface area contributed by atoms with E-state index in [1.54, 1.807) is 13.8 Å². The Morgan fingerprint density at radius 3 is 2.27 bits per heavy atom. The molecule has 178 valence electrons. The van der Waals surface area contributed by atoms with Gasteiger partial charge in [0.1, 0.15) is 10.6 Å². The number of carbonyl (C=O) groups excluding carboxylic acids is 1. The molecule has 3 heterocycles. The van der Waals surface area contributed by atoms with Crippen molar-refractivity contribution >= 4 is 36.4 Å². The highest BCUT2D eigenvalue weighted by Crippen LogP contribution is 2.30. The fourth-order valence-corrected chi connectivity index (χ4v) is 4.95. The van der Waals surface area contributed by atoms with E-state index in [0.717, 1.165) is 29.2 Å². The number of hydrogen-bond donors (Lipinski definition) is 0. The summed E-state index contributed by atoms with van der Waals surface area (Å²) in [6.07, 6.45) is -1.36. The molecule has 1 amide bonds. The second-order valence-corrected chi connectivity index (χ2v) is 12.0. The molecule has 0 radical (unpaired) electrons. The van der Waals surface area contributed by atoms with E-state index in [4.69, 9.17) is 0 Å². The Kier molecular flexibility index (Phi) is 6.62. The number of rotatable bonds is 6. The van der Waals surface area contributed by atoms with Crippen molar-refractivity contribution in [1.29, 1.82) is 0 Å². The van der Waals surface area contributed by atoms with Crippen LogP contribution in [0.2, 0.25) is 0 Å². The van der Waals surface area contributed by atoms with Crippen LogP contribution in [0.5, 0.6) is 0 Å². The first kappa shape index (κ1) is 24.8. The average Bonchev–Trinajstić information content (AvgIpc) is 3.21. The summed E-state index contributed by atoms with van der Waals surface area (Å²) < 4.78 is 81.6. The molecule has 0 N–H and O–H groups in total. The van der Waals surface area contributed by atoms with Gasteiger partial charge in [0.05, 0.1) is 26.6 Å². The molecule has 0 fully saturated rings. The lowest BCUT2D eigenvalue weighted by molar-refractivity contribution is -0.141. The van der Waals surface area contributed by atoms with E-state index >= 15 is 0 Å². The summed E-state index contributed by atoms with van der Waals surface area (Å²) >= 11 is 0. The predicted molar refractivity (Wildman–Crippen MR) is 115 cm³/mol. The SMILES string of the molecule is CCS(=O)(=O)c1cc(C(=O)N=S(=O)(CC)CC)cnc1-n1cc2cnc(C(F)(F)F)cc2n1. The first-order valence-corrected chi connectivity index (χ1v) is 13.3. The molecule has 0 saturated heterocycles. The van der Waals surface area contributed by atoms with Crippen molar-refractivity contribution < 1.29 is 30.6 Å². The lowest BCUT2D eigenvalue weighted by Crippen LogP contribution is -2.14. The summed E-state index contributed by atoms with van der Waals surface area (Å²) in [4.78, 5) is 19.6. The van der Waals surface area contributed by atoms with E-state index in [1.807, 2.05) is 0 Å². The van der Waals surface area contributed by atoms with Crippen molar-refractivity contribution in [2.24, 2.45) is 4.36 Å². The minimum absolute atomic E-state index is 0.0697. The zero-order valence-electron chi connectivity index (χ0n) is 17.8. The molecular formula is C19H20F3N5O4S2. The van der Waals surface area contributed by atoms with Gasteiger partial charge in [0.2, 0.25) is 0 Å². The molecule has 0 spiro atoms. The van der Waals surface area contributed by atoms with Gasteiger partial charge in [-0.1, -0.05) is 20.8 Å². The van der Waals surface area contributed by atoms with Gasteiger partial charge in [-0.05, 0) is 12.1 Å². The van der Waals surface area contributed by atoms with Crippen molar-refractivity contribution in [3.63, 3.8) is 0 Å². The molecule has 3 aromatic rings. The Hall–Kier alpha value is -2.87. The molecule has 33 heavy (non-hydrogen) atoms. The number of alkyl halides is 3. The van der Waals surface area contributed by atoms with Crippen LogP contribution in [0.1, 0.15) is 36.8 Å². The molecule has 0 aromatic carbocycles. The zero-order valence-corrected chi connectivity index (χ0v) is 19.5. The van der Waals surface area contributed by atoms with Gasteiger partial charge in [-0.3, -0.25) is 9.78 Å². The topological polar surface area (TPSA) is 124 Å². The van der Waals surface area contributed by atoms with Gasteiger partial charge in [-0.25, -0.2) is 22.3 Å². The number of amides is 1. The minimum Gasteiger partial charge on any atom is -0.266 e. The van der Waals surface area contributed by atoms with Crippen molar-refractivity contribution in [2.75, 3.05) is 17.3 Å². The van der Waals surface area contributed by atoms with Crippen molar-refractivity contribution in [3.05, 3.63) is 42.0 Å². The Morgan fingerprint density at radius 1 is 1.03 bits per heavy atom. The monoisotopic (exact) mass is 503 g/mol. The number of nitrogens with zero attached hydrogens (tertiary/aromatic N) is 5. The summed E-state index contributed by atoms with van der Waals surface area (Å²) in [5.41, 5.74) is -1.40. The number of hydrogen-bond acceptors (Lipinski definition) is 7. The lowest BCUT2D eigenvalue weighted by atomic mass is 10.2. The third kappa shape index (κ3) is 5.05. The average molecular weight is 504 g/mol. The van der Waals surface area contributed by atoms with Crippen LogP contribution in [0, 0.1) is 0 Å². The highest BCUT2D eigenvalue weighted by Gasteiger charge is 2.33. The Bertz CT molecular complexity index is 1450. The summed E-state index contributed by atoms with van der Waals surface area (Å²) in [5.74, 6) is -1.12. The molecule has 0 aliphatic carbocycles. The maximum atomic E-state index is 13.0. The molecule has 0 atom stereocenters. The molecule has 0 unspecified atom stereocenters. The molecule has 0 bridgehead atoms. The van der Waals surface area contributed by atoms with Crippen LogP contribution in [-0.4, -0.2) is 55.5 Å². The van der Waals surface area contributed by atoms with E-state index in [2.05, 4.69) is 19.4 Å². The number of fused-ring (bicyclic) bond motifs is 1. The van der Waals surface area contributed by atoms with Crippen molar-refractivity contribution in [1.82, 2.24) is 19.7 Å². The Labute approximate surface area is 188 Å². The molecule has 3 aromatic heterocycles. The summed E-state index contributed by atoms with van der Waals surface area (Å²) in [6.45, 7) is 4.63. The highest BCUT2D eigenvalue weighted by molar-refractivity contribution is 7.93. The van der Waals surface area contributed by atoms with Gasteiger partial charge in [0.25, 0.3) is 5.91 Å². The van der Waals surface area contributed by atoms with Crippen LogP contribution < -0.4 is 0 Å². The number of pyridine rings is 2. The standard InChI is InChI=1S/C19H20F3N5O4S2/c1-4-32(29,5-2)26-18(28)12-7-15(33(30,31)6-3)17(24-9-12)27-11-13-10-23-16(19(20,21)22)8-14(13)25-27/h7-11H,4-6H2,1-3H3. The first-order valence-electron chi connectivity index (χ1n) is 9.76. The van der Waals surface area contributed by atoms with E-state index in [9.17, 15) is 30.6 Å². The Morgan fingerprint density at radius 2 is 1.70 bits per heavy atom. The molecule has 0 aliphatic rings. The quantitative estimate of drug-likeness (QED) is 0.506. The van der Waals surface area contributed by atoms with Crippen LogP contribution in [-0.2, 0) is 25.7 Å². The molecular weight excluding hydrogens is 483 g/mol. The number of carbonyl (C=O) groups is 1. The number of halogens is 3. The predicted octanol–water partition coefficient (Wildman–Crippen LogP) is 3.28. The maximum absolute atomic E-state index is 13.0. The number of aromatic nitrogens is 4. The van der Waals surface area contributed by atoms with Gasteiger partial charge in [-0.15, -0.1) is 0 Å². The van der Waals surface area contributed by atoms with Crippen LogP contribution in [0.4, 0.5) is 13.2 Å². The van der Waals surface area contributed by atoms with E-state index < -0.39 is 37.3 Å². The first-order chi connectivity index (χ1) is 15.3.